The Morgan fingerprint density at radius 1 is 1.15 bits per heavy atom. The lowest BCUT2D eigenvalue weighted by Gasteiger charge is -2.16. The topological polar surface area (TPSA) is 167 Å². The van der Waals surface area contributed by atoms with Gasteiger partial charge in [0.15, 0.2) is 6.10 Å². The third kappa shape index (κ3) is 3.36. The lowest BCUT2D eigenvalue weighted by molar-refractivity contribution is -0.166. The van der Waals surface area contributed by atoms with E-state index < -0.39 is 41.4 Å². The molecule has 0 bridgehead atoms. The van der Waals surface area contributed by atoms with Crippen LogP contribution in [0.5, 0.6) is 5.75 Å². The van der Waals surface area contributed by atoms with E-state index in [-0.39, 0.29) is 5.69 Å². The van der Waals surface area contributed by atoms with Crippen LogP contribution in [-0.4, -0.2) is 50.5 Å². The fourth-order valence-electron chi connectivity index (χ4n) is 1.28. The van der Waals surface area contributed by atoms with Gasteiger partial charge in [-0.25, -0.2) is 14.4 Å². The van der Waals surface area contributed by atoms with Crippen molar-refractivity contribution in [2.45, 2.75) is 12.2 Å². The van der Waals surface area contributed by atoms with Crippen molar-refractivity contribution in [3.8, 4) is 5.75 Å². The monoisotopic (exact) mass is 285 g/mol. The number of nitrogens with two attached hydrogens (primary N) is 1. The molecule has 108 valence electrons. The van der Waals surface area contributed by atoms with E-state index in [0.717, 1.165) is 12.1 Å². The fourth-order valence-corrected chi connectivity index (χ4v) is 1.28. The molecule has 2 unspecified atom stereocenters. The minimum absolute atomic E-state index is 0.152. The summed E-state index contributed by atoms with van der Waals surface area (Å²) in [5.74, 6) is -5.59. The number of aliphatic hydroxyl groups is 1. The quantitative estimate of drug-likeness (QED) is 0.337. The summed E-state index contributed by atoms with van der Waals surface area (Å²) in [4.78, 5) is 32.9. The molecule has 0 aliphatic heterocycles. The van der Waals surface area contributed by atoms with Gasteiger partial charge in [-0.1, -0.05) is 0 Å². The number of carbonyl (C=O) groups is 3. The summed E-state index contributed by atoms with van der Waals surface area (Å²) >= 11 is 0. The molecular weight excluding hydrogens is 274 g/mol. The van der Waals surface area contributed by atoms with Crippen molar-refractivity contribution in [3.05, 3.63) is 23.8 Å². The van der Waals surface area contributed by atoms with E-state index >= 15 is 0 Å². The van der Waals surface area contributed by atoms with Gasteiger partial charge >= 0.3 is 17.9 Å². The van der Waals surface area contributed by atoms with Gasteiger partial charge in [0.25, 0.3) is 0 Å². The number of carboxylic acids is 2. The second kappa shape index (κ2) is 5.89. The standard InChI is InChI=1S/C11H11NO8/c12-4-1-2-5(6(13)3-4)11(19)20-8(10(17)18)7(14)9(15)16/h1-3,7-8,13-14H,12H2,(H,15,16)(H,17,18). The van der Waals surface area contributed by atoms with Crippen LogP contribution in [0.25, 0.3) is 0 Å². The molecule has 0 fully saturated rings. The molecule has 0 saturated carbocycles. The maximum absolute atomic E-state index is 11.6. The van der Waals surface area contributed by atoms with Crippen LogP contribution in [0, 0.1) is 0 Å². The molecule has 2 atom stereocenters. The smallest absolute Gasteiger partial charge is 0.348 e. The first-order valence-electron chi connectivity index (χ1n) is 5.17. The number of esters is 1. The largest absolute Gasteiger partial charge is 0.507 e. The Labute approximate surface area is 111 Å². The second-order valence-electron chi connectivity index (χ2n) is 3.72. The van der Waals surface area contributed by atoms with Crippen LogP contribution in [0.3, 0.4) is 0 Å². The van der Waals surface area contributed by atoms with Crippen molar-refractivity contribution < 1.29 is 39.5 Å². The zero-order valence-electron chi connectivity index (χ0n) is 9.89. The number of benzene rings is 1. The van der Waals surface area contributed by atoms with E-state index in [1.165, 1.54) is 6.07 Å². The van der Waals surface area contributed by atoms with Crippen molar-refractivity contribution in [2.24, 2.45) is 0 Å². The van der Waals surface area contributed by atoms with Gasteiger partial charge in [-0.05, 0) is 12.1 Å². The third-order valence-corrected chi connectivity index (χ3v) is 2.26. The highest BCUT2D eigenvalue weighted by atomic mass is 16.6. The summed E-state index contributed by atoms with van der Waals surface area (Å²) in [5, 5.41) is 35.8. The lowest BCUT2D eigenvalue weighted by atomic mass is 10.1. The maximum atomic E-state index is 11.6. The molecule has 1 aromatic rings. The van der Waals surface area contributed by atoms with Crippen molar-refractivity contribution in [1.82, 2.24) is 0 Å². The predicted molar refractivity (Wildman–Crippen MR) is 63.0 cm³/mol. The molecular formula is C11H11NO8. The number of carbonyl (C=O) groups excluding carboxylic acids is 1. The van der Waals surface area contributed by atoms with E-state index in [9.17, 15) is 19.5 Å². The van der Waals surface area contributed by atoms with E-state index in [0.29, 0.717) is 0 Å². The number of phenols is 1. The first-order chi connectivity index (χ1) is 9.23. The highest BCUT2D eigenvalue weighted by Gasteiger charge is 2.36. The van der Waals surface area contributed by atoms with E-state index in [1.54, 1.807) is 0 Å². The SMILES string of the molecule is Nc1ccc(C(=O)OC(C(=O)O)C(O)C(=O)O)c(O)c1. The average molecular weight is 285 g/mol. The lowest BCUT2D eigenvalue weighted by Crippen LogP contribution is -2.43. The normalized spacial score (nSPS) is 13.2. The summed E-state index contributed by atoms with van der Waals surface area (Å²) in [6, 6.07) is 3.35. The minimum atomic E-state index is -2.44. The zero-order valence-corrected chi connectivity index (χ0v) is 9.89. The van der Waals surface area contributed by atoms with Crippen LogP contribution >= 0.6 is 0 Å². The highest BCUT2D eigenvalue weighted by Crippen LogP contribution is 2.21. The number of rotatable bonds is 5. The second-order valence-corrected chi connectivity index (χ2v) is 3.72. The molecule has 0 spiro atoms. The van der Waals surface area contributed by atoms with Crippen molar-refractivity contribution in [1.29, 1.82) is 0 Å². The summed E-state index contributed by atoms with van der Waals surface area (Å²) in [5.41, 5.74) is 5.08. The molecule has 20 heavy (non-hydrogen) atoms. The van der Waals surface area contributed by atoms with Gasteiger partial charge in [-0.2, -0.15) is 0 Å². The molecule has 0 aliphatic rings. The molecule has 0 saturated heterocycles. The number of nitrogen functional groups attached to an aromatic ring is 1. The van der Waals surface area contributed by atoms with E-state index in [4.69, 9.17) is 21.1 Å². The number of hydrogen-bond acceptors (Lipinski definition) is 7. The van der Waals surface area contributed by atoms with Crippen LogP contribution in [-0.2, 0) is 14.3 Å². The van der Waals surface area contributed by atoms with Gasteiger partial charge in [-0.15, -0.1) is 0 Å². The van der Waals surface area contributed by atoms with Crippen LogP contribution in [0.2, 0.25) is 0 Å². The maximum Gasteiger partial charge on any atom is 0.348 e. The number of anilines is 1. The Balaban J connectivity index is 2.97. The highest BCUT2D eigenvalue weighted by molar-refractivity contribution is 5.95. The molecule has 1 rings (SSSR count). The van der Waals surface area contributed by atoms with E-state index in [2.05, 4.69) is 4.74 Å². The fraction of sp³-hybridized carbons (Fsp3) is 0.182. The van der Waals surface area contributed by atoms with Crippen LogP contribution in [0.1, 0.15) is 10.4 Å². The minimum Gasteiger partial charge on any atom is -0.507 e. The number of aliphatic hydroxyl groups excluding tert-OH is 1. The number of aliphatic carboxylic acids is 2. The summed E-state index contributed by atoms with van der Waals surface area (Å²) < 4.78 is 4.37. The zero-order chi connectivity index (χ0) is 15.4. The van der Waals surface area contributed by atoms with E-state index in [1.807, 2.05) is 0 Å². The summed E-state index contributed by atoms with van der Waals surface area (Å²) in [7, 11) is 0. The van der Waals surface area contributed by atoms with Crippen LogP contribution in [0.15, 0.2) is 18.2 Å². The number of carboxylic acid groups (broad SMARTS) is 2. The Bertz CT molecular complexity index is 555. The number of ether oxygens (including phenoxy) is 1. The third-order valence-electron chi connectivity index (χ3n) is 2.26. The number of hydrogen-bond donors (Lipinski definition) is 5. The Morgan fingerprint density at radius 2 is 1.75 bits per heavy atom. The Kier molecular flexibility index (Phi) is 4.49. The summed E-state index contributed by atoms with van der Waals surface area (Å²) in [6.45, 7) is 0. The average Bonchev–Trinajstić information content (AvgIpc) is 2.34. The van der Waals surface area contributed by atoms with Gasteiger partial charge in [-0.3, -0.25) is 0 Å². The predicted octanol–water partition coefficient (Wildman–Crippen LogP) is -0.970. The van der Waals surface area contributed by atoms with Gasteiger partial charge in [0, 0.05) is 11.8 Å². The van der Waals surface area contributed by atoms with Gasteiger partial charge in [0.05, 0.1) is 0 Å². The van der Waals surface area contributed by atoms with Crippen LogP contribution < -0.4 is 5.73 Å². The van der Waals surface area contributed by atoms with Gasteiger partial charge < -0.3 is 30.9 Å². The number of aromatic hydroxyl groups is 1. The molecule has 6 N–H and O–H groups in total. The summed E-state index contributed by atoms with van der Waals surface area (Å²) in [6.07, 6.45) is -4.75. The van der Waals surface area contributed by atoms with Crippen LogP contribution in [0.4, 0.5) is 5.69 Å². The number of phenolic OH excluding ortho intramolecular Hbond substituents is 1. The molecule has 0 heterocycles. The van der Waals surface area contributed by atoms with Gasteiger partial charge in [0.2, 0.25) is 6.10 Å². The van der Waals surface area contributed by atoms with Gasteiger partial charge in [0.1, 0.15) is 11.3 Å². The molecule has 9 nitrogen and oxygen atoms in total. The van der Waals surface area contributed by atoms with Crippen molar-refractivity contribution >= 4 is 23.6 Å². The van der Waals surface area contributed by atoms with Crippen molar-refractivity contribution in [3.63, 3.8) is 0 Å². The molecule has 0 aromatic heterocycles. The molecule has 0 aliphatic carbocycles. The first-order valence-corrected chi connectivity index (χ1v) is 5.17. The molecule has 0 radical (unpaired) electrons. The Morgan fingerprint density at radius 3 is 2.20 bits per heavy atom. The first kappa shape index (κ1) is 15.2. The van der Waals surface area contributed by atoms with Crippen molar-refractivity contribution in [2.75, 3.05) is 5.73 Å². The molecule has 0 amide bonds. The molecule has 9 heteroatoms. The Hall–Kier alpha value is -2.81. The molecule has 1 aromatic carbocycles.